The summed E-state index contributed by atoms with van der Waals surface area (Å²) >= 11 is 0. The minimum atomic E-state index is -0.358. The zero-order valence-corrected chi connectivity index (χ0v) is 12.7. The molecule has 3 rings (SSSR count). The molecule has 0 spiro atoms. The van der Waals surface area contributed by atoms with Gasteiger partial charge in [0.1, 0.15) is 11.6 Å². The molecule has 0 saturated carbocycles. The third-order valence-corrected chi connectivity index (χ3v) is 3.92. The van der Waals surface area contributed by atoms with Gasteiger partial charge < -0.3 is 14.5 Å². The minimum absolute atomic E-state index is 0.0432. The lowest BCUT2D eigenvalue weighted by Crippen LogP contribution is -2.43. The van der Waals surface area contributed by atoms with Gasteiger partial charge in [0.15, 0.2) is 0 Å². The highest BCUT2D eigenvalue weighted by Gasteiger charge is 2.25. The van der Waals surface area contributed by atoms with E-state index in [-0.39, 0.29) is 17.8 Å². The smallest absolute Gasteiger partial charge is 0.251 e. The predicted octanol–water partition coefficient (Wildman–Crippen LogP) is 2.22. The fraction of sp³-hybridized carbons (Fsp3) is 0.353. The average molecular weight is 318 g/mol. The van der Waals surface area contributed by atoms with Crippen molar-refractivity contribution in [2.45, 2.75) is 6.04 Å². The summed E-state index contributed by atoms with van der Waals surface area (Å²) in [5.74, 6) is 0.226. The second-order valence-corrected chi connectivity index (χ2v) is 5.40. The van der Waals surface area contributed by atoms with Crippen LogP contribution in [0.3, 0.4) is 0 Å². The van der Waals surface area contributed by atoms with Crippen LogP contribution in [0.5, 0.6) is 0 Å². The van der Waals surface area contributed by atoms with E-state index in [0.29, 0.717) is 25.3 Å². The maximum Gasteiger partial charge on any atom is 0.251 e. The zero-order valence-electron chi connectivity index (χ0n) is 12.7. The lowest BCUT2D eigenvalue weighted by atomic mass is 10.1. The van der Waals surface area contributed by atoms with E-state index in [2.05, 4.69) is 10.2 Å². The third-order valence-electron chi connectivity index (χ3n) is 3.92. The highest BCUT2D eigenvalue weighted by atomic mass is 19.1. The Morgan fingerprint density at radius 2 is 1.96 bits per heavy atom. The van der Waals surface area contributed by atoms with Gasteiger partial charge in [-0.15, -0.1) is 0 Å². The van der Waals surface area contributed by atoms with E-state index in [9.17, 15) is 9.18 Å². The Morgan fingerprint density at radius 3 is 2.61 bits per heavy atom. The first-order valence-electron chi connectivity index (χ1n) is 7.63. The number of nitrogens with one attached hydrogen (secondary N) is 1. The van der Waals surface area contributed by atoms with Gasteiger partial charge in [-0.2, -0.15) is 0 Å². The number of halogens is 1. The van der Waals surface area contributed by atoms with E-state index >= 15 is 0 Å². The maximum absolute atomic E-state index is 12.9. The maximum atomic E-state index is 12.9. The molecule has 0 aliphatic carbocycles. The standard InChI is InChI=1S/C17H19FN2O3/c18-14-5-3-13(4-6-14)17(21)19-12-15(16-2-1-9-23-16)20-7-10-22-11-8-20/h1-6,9,15H,7-8,10-12H2,(H,19,21)/t15-/m1/s1. The molecule has 1 N–H and O–H groups in total. The molecule has 1 aliphatic rings. The number of morpholine rings is 1. The van der Waals surface area contributed by atoms with Crippen LogP contribution in [0.2, 0.25) is 0 Å². The van der Waals surface area contributed by atoms with E-state index in [1.807, 2.05) is 12.1 Å². The number of nitrogens with zero attached hydrogens (tertiary/aromatic N) is 1. The van der Waals surface area contributed by atoms with Crippen LogP contribution >= 0.6 is 0 Å². The van der Waals surface area contributed by atoms with Crippen LogP contribution in [0.4, 0.5) is 4.39 Å². The largest absolute Gasteiger partial charge is 0.468 e. The SMILES string of the molecule is O=C(NC[C@H](c1ccco1)N1CCOCC1)c1ccc(F)cc1. The van der Waals surface area contributed by atoms with Gasteiger partial charge in [-0.1, -0.05) is 0 Å². The fourth-order valence-electron chi connectivity index (χ4n) is 2.67. The van der Waals surface area contributed by atoms with Gasteiger partial charge in [-0.3, -0.25) is 9.69 Å². The van der Waals surface area contributed by atoms with Gasteiger partial charge in [0.05, 0.1) is 25.5 Å². The first kappa shape index (κ1) is 15.7. The molecule has 23 heavy (non-hydrogen) atoms. The number of hydrogen-bond acceptors (Lipinski definition) is 4. The Balaban J connectivity index is 1.66. The number of amides is 1. The van der Waals surface area contributed by atoms with E-state index in [4.69, 9.17) is 9.15 Å². The minimum Gasteiger partial charge on any atom is -0.468 e. The Hall–Kier alpha value is -2.18. The summed E-state index contributed by atoms with van der Waals surface area (Å²) in [5.41, 5.74) is 0.437. The molecule has 2 aromatic rings. The van der Waals surface area contributed by atoms with Crippen LogP contribution in [0.1, 0.15) is 22.2 Å². The van der Waals surface area contributed by atoms with Crippen molar-refractivity contribution in [3.63, 3.8) is 0 Å². The molecule has 0 radical (unpaired) electrons. The number of furan rings is 1. The van der Waals surface area contributed by atoms with Crippen molar-refractivity contribution in [1.29, 1.82) is 0 Å². The Bertz CT molecular complexity index is 622. The molecule has 122 valence electrons. The molecule has 1 saturated heterocycles. The molecule has 0 bridgehead atoms. The molecule has 1 aliphatic heterocycles. The summed E-state index contributed by atoms with van der Waals surface area (Å²) in [5, 5.41) is 2.90. The van der Waals surface area contributed by atoms with Gasteiger partial charge in [0, 0.05) is 25.2 Å². The Labute approximate surface area is 134 Å². The van der Waals surface area contributed by atoms with Crippen molar-refractivity contribution in [1.82, 2.24) is 10.2 Å². The van der Waals surface area contributed by atoms with Crippen LogP contribution in [-0.2, 0) is 4.74 Å². The first-order chi connectivity index (χ1) is 11.2. The molecular weight excluding hydrogens is 299 g/mol. The van der Waals surface area contributed by atoms with E-state index in [1.54, 1.807) is 6.26 Å². The second kappa shape index (κ2) is 7.39. The van der Waals surface area contributed by atoms with E-state index < -0.39 is 0 Å². The highest BCUT2D eigenvalue weighted by Crippen LogP contribution is 2.21. The van der Waals surface area contributed by atoms with Crippen molar-refractivity contribution >= 4 is 5.91 Å². The lowest BCUT2D eigenvalue weighted by molar-refractivity contribution is 0.0118. The number of rotatable bonds is 5. The predicted molar refractivity (Wildman–Crippen MR) is 82.6 cm³/mol. The van der Waals surface area contributed by atoms with Gasteiger partial charge in [0.25, 0.3) is 5.91 Å². The van der Waals surface area contributed by atoms with Crippen molar-refractivity contribution in [2.24, 2.45) is 0 Å². The number of carbonyl (C=O) groups is 1. The van der Waals surface area contributed by atoms with Crippen molar-refractivity contribution in [3.05, 3.63) is 59.8 Å². The van der Waals surface area contributed by atoms with Gasteiger partial charge in [0.2, 0.25) is 0 Å². The van der Waals surface area contributed by atoms with Crippen molar-refractivity contribution < 1.29 is 18.3 Å². The monoisotopic (exact) mass is 318 g/mol. The molecule has 1 atom stereocenters. The summed E-state index contributed by atoms with van der Waals surface area (Å²) in [6.45, 7) is 3.34. The Morgan fingerprint density at radius 1 is 1.22 bits per heavy atom. The molecule has 1 aromatic heterocycles. The van der Waals surface area contributed by atoms with Crippen LogP contribution in [0, 0.1) is 5.82 Å². The first-order valence-corrected chi connectivity index (χ1v) is 7.63. The van der Waals surface area contributed by atoms with Gasteiger partial charge in [-0.05, 0) is 36.4 Å². The van der Waals surface area contributed by atoms with E-state index in [1.165, 1.54) is 24.3 Å². The third kappa shape index (κ3) is 3.97. The number of benzene rings is 1. The van der Waals surface area contributed by atoms with Gasteiger partial charge in [-0.25, -0.2) is 4.39 Å². The fourth-order valence-corrected chi connectivity index (χ4v) is 2.67. The molecule has 0 unspecified atom stereocenters. The topological polar surface area (TPSA) is 54.7 Å². The quantitative estimate of drug-likeness (QED) is 0.918. The molecule has 1 amide bonds. The molecular formula is C17H19FN2O3. The van der Waals surface area contributed by atoms with Crippen molar-refractivity contribution in [3.8, 4) is 0 Å². The summed E-state index contributed by atoms with van der Waals surface area (Å²) in [4.78, 5) is 14.4. The molecule has 2 heterocycles. The molecule has 5 nitrogen and oxygen atoms in total. The lowest BCUT2D eigenvalue weighted by Gasteiger charge is -2.33. The second-order valence-electron chi connectivity index (χ2n) is 5.40. The van der Waals surface area contributed by atoms with Crippen molar-refractivity contribution in [2.75, 3.05) is 32.8 Å². The summed E-state index contributed by atoms with van der Waals surface area (Å²) in [7, 11) is 0. The van der Waals surface area contributed by atoms with Crippen LogP contribution in [0.25, 0.3) is 0 Å². The normalized spacial score (nSPS) is 16.9. The van der Waals surface area contributed by atoms with Crippen LogP contribution in [-0.4, -0.2) is 43.7 Å². The molecule has 1 fully saturated rings. The highest BCUT2D eigenvalue weighted by molar-refractivity contribution is 5.94. The van der Waals surface area contributed by atoms with Gasteiger partial charge >= 0.3 is 0 Å². The summed E-state index contributed by atoms with van der Waals surface area (Å²) in [6.07, 6.45) is 1.63. The van der Waals surface area contributed by atoms with Crippen LogP contribution < -0.4 is 5.32 Å². The number of ether oxygens (including phenoxy) is 1. The number of hydrogen-bond donors (Lipinski definition) is 1. The molecule has 6 heteroatoms. The Kier molecular flexibility index (Phi) is 5.05. The van der Waals surface area contributed by atoms with E-state index in [0.717, 1.165) is 18.8 Å². The summed E-state index contributed by atoms with van der Waals surface area (Å²) in [6, 6.07) is 9.21. The number of carbonyl (C=O) groups excluding carboxylic acids is 1. The molecule has 1 aromatic carbocycles. The zero-order chi connectivity index (χ0) is 16.1. The van der Waals surface area contributed by atoms with Crippen LogP contribution in [0.15, 0.2) is 47.1 Å². The average Bonchev–Trinajstić information content (AvgIpc) is 3.11. The summed E-state index contributed by atoms with van der Waals surface area (Å²) < 4.78 is 23.8.